The van der Waals surface area contributed by atoms with Gasteiger partial charge in [-0.25, -0.2) is 4.79 Å². The number of nitrogens with one attached hydrogen (secondary N) is 1. The molecule has 0 saturated carbocycles. The standard InChI is InChI=1S/C12H22N2O5/c1-3-4-5-8(13)11(16)14-9(12(17)18)6-7-10(15)19-2/h8-9H,3-7,13H2,1-2H3,(H,14,16)(H,17,18)/t8-,9?/m0/s1. The van der Waals surface area contributed by atoms with Crippen molar-refractivity contribution < 1.29 is 24.2 Å². The highest BCUT2D eigenvalue weighted by Crippen LogP contribution is 2.02. The predicted octanol–water partition coefficient (Wildman–Crippen LogP) is 0.0265. The second-order valence-electron chi connectivity index (χ2n) is 4.26. The molecule has 0 aliphatic heterocycles. The van der Waals surface area contributed by atoms with Gasteiger partial charge in [0.2, 0.25) is 5.91 Å². The zero-order chi connectivity index (χ0) is 14.8. The minimum Gasteiger partial charge on any atom is -0.480 e. The van der Waals surface area contributed by atoms with E-state index in [1.54, 1.807) is 0 Å². The van der Waals surface area contributed by atoms with Gasteiger partial charge in [0, 0.05) is 6.42 Å². The van der Waals surface area contributed by atoms with Gasteiger partial charge in [-0.2, -0.15) is 0 Å². The first-order valence-electron chi connectivity index (χ1n) is 6.27. The lowest BCUT2D eigenvalue weighted by molar-refractivity contribution is -0.144. The topological polar surface area (TPSA) is 119 Å². The largest absolute Gasteiger partial charge is 0.480 e. The molecule has 0 aromatic rings. The van der Waals surface area contributed by atoms with Crippen LogP contribution in [0.4, 0.5) is 0 Å². The number of carbonyl (C=O) groups is 3. The molecule has 0 rings (SSSR count). The number of aliphatic carboxylic acids is 1. The van der Waals surface area contributed by atoms with Crippen LogP contribution < -0.4 is 11.1 Å². The SMILES string of the molecule is CCCC[C@H](N)C(=O)NC(CCC(=O)OC)C(=O)O. The maximum Gasteiger partial charge on any atom is 0.326 e. The van der Waals surface area contributed by atoms with Gasteiger partial charge in [-0.15, -0.1) is 0 Å². The molecule has 110 valence electrons. The van der Waals surface area contributed by atoms with E-state index < -0.39 is 29.9 Å². The van der Waals surface area contributed by atoms with Crippen LogP contribution in [0.25, 0.3) is 0 Å². The summed E-state index contributed by atoms with van der Waals surface area (Å²) in [6.07, 6.45) is 2.12. The Morgan fingerprint density at radius 3 is 2.42 bits per heavy atom. The molecular weight excluding hydrogens is 252 g/mol. The summed E-state index contributed by atoms with van der Waals surface area (Å²) in [5.74, 6) is -2.22. The fourth-order valence-electron chi connectivity index (χ4n) is 1.46. The van der Waals surface area contributed by atoms with E-state index in [0.717, 1.165) is 12.8 Å². The number of carbonyl (C=O) groups excluding carboxylic acids is 2. The third kappa shape index (κ3) is 7.40. The molecule has 1 unspecified atom stereocenters. The van der Waals surface area contributed by atoms with Gasteiger partial charge in [0.05, 0.1) is 13.2 Å². The third-order valence-electron chi connectivity index (χ3n) is 2.68. The van der Waals surface area contributed by atoms with Gasteiger partial charge >= 0.3 is 11.9 Å². The molecule has 7 nitrogen and oxygen atoms in total. The number of hydrogen-bond donors (Lipinski definition) is 3. The van der Waals surface area contributed by atoms with Crippen molar-refractivity contribution in [2.24, 2.45) is 5.73 Å². The molecule has 0 heterocycles. The quantitative estimate of drug-likeness (QED) is 0.510. The molecule has 0 bridgehead atoms. The average molecular weight is 274 g/mol. The zero-order valence-electron chi connectivity index (χ0n) is 11.3. The number of esters is 1. The molecule has 0 aromatic heterocycles. The Bertz CT molecular complexity index is 319. The number of hydrogen-bond acceptors (Lipinski definition) is 5. The minimum atomic E-state index is -1.19. The van der Waals surface area contributed by atoms with Gasteiger partial charge in [0.15, 0.2) is 0 Å². The Kier molecular flexibility index (Phi) is 8.52. The summed E-state index contributed by atoms with van der Waals surface area (Å²) < 4.78 is 4.42. The molecule has 0 aliphatic carbocycles. The summed E-state index contributed by atoms with van der Waals surface area (Å²) in [5.41, 5.74) is 5.64. The van der Waals surface area contributed by atoms with Gasteiger partial charge in [-0.3, -0.25) is 9.59 Å². The molecule has 0 radical (unpaired) electrons. The van der Waals surface area contributed by atoms with E-state index in [9.17, 15) is 14.4 Å². The average Bonchev–Trinajstić information content (AvgIpc) is 2.39. The van der Waals surface area contributed by atoms with Crippen molar-refractivity contribution in [2.75, 3.05) is 7.11 Å². The number of ether oxygens (including phenoxy) is 1. The first-order valence-corrected chi connectivity index (χ1v) is 6.27. The summed E-state index contributed by atoms with van der Waals surface area (Å²) in [5, 5.41) is 11.3. The van der Waals surface area contributed by atoms with E-state index in [0.29, 0.717) is 6.42 Å². The van der Waals surface area contributed by atoms with Gasteiger partial charge < -0.3 is 20.9 Å². The maximum atomic E-state index is 11.7. The number of amides is 1. The Morgan fingerprint density at radius 2 is 1.95 bits per heavy atom. The molecule has 2 atom stereocenters. The van der Waals surface area contributed by atoms with Crippen molar-refractivity contribution in [3.8, 4) is 0 Å². The second kappa shape index (κ2) is 9.32. The Hall–Kier alpha value is -1.63. The van der Waals surface area contributed by atoms with Crippen LogP contribution in [0.3, 0.4) is 0 Å². The van der Waals surface area contributed by atoms with E-state index in [1.807, 2.05) is 6.92 Å². The first-order chi connectivity index (χ1) is 8.92. The van der Waals surface area contributed by atoms with E-state index in [2.05, 4.69) is 10.1 Å². The van der Waals surface area contributed by atoms with E-state index in [-0.39, 0.29) is 12.8 Å². The molecule has 0 aromatic carbocycles. The molecule has 0 fully saturated rings. The van der Waals surface area contributed by atoms with Crippen LogP contribution in [0.5, 0.6) is 0 Å². The molecule has 0 aliphatic rings. The summed E-state index contributed by atoms with van der Waals surface area (Å²) in [7, 11) is 1.22. The molecule has 19 heavy (non-hydrogen) atoms. The third-order valence-corrected chi connectivity index (χ3v) is 2.68. The first kappa shape index (κ1) is 17.4. The van der Waals surface area contributed by atoms with E-state index in [4.69, 9.17) is 10.8 Å². The summed E-state index contributed by atoms with van der Waals surface area (Å²) in [6, 6.07) is -1.85. The zero-order valence-corrected chi connectivity index (χ0v) is 11.3. The number of rotatable bonds is 9. The van der Waals surface area contributed by atoms with Crippen LogP contribution in [0.2, 0.25) is 0 Å². The van der Waals surface area contributed by atoms with Crippen LogP contribution in [0.15, 0.2) is 0 Å². The molecule has 0 saturated heterocycles. The summed E-state index contributed by atoms with van der Waals surface area (Å²) in [4.78, 5) is 33.6. The molecule has 1 amide bonds. The number of methoxy groups -OCH3 is 1. The number of carboxylic acids is 1. The Labute approximate surface area is 112 Å². The van der Waals surface area contributed by atoms with Crippen molar-refractivity contribution >= 4 is 17.8 Å². The molecular formula is C12H22N2O5. The lowest BCUT2D eigenvalue weighted by atomic mass is 10.1. The van der Waals surface area contributed by atoms with Gasteiger partial charge in [-0.05, 0) is 12.8 Å². The molecule has 0 spiro atoms. The van der Waals surface area contributed by atoms with Crippen LogP contribution >= 0.6 is 0 Å². The van der Waals surface area contributed by atoms with Crippen molar-refractivity contribution in [3.05, 3.63) is 0 Å². The number of unbranched alkanes of at least 4 members (excludes halogenated alkanes) is 1. The lowest BCUT2D eigenvalue weighted by Gasteiger charge is -2.17. The fraction of sp³-hybridized carbons (Fsp3) is 0.750. The fourth-order valence-corrected chi connectivity index (χ4v) is 1.46. The van der Waals surface area contributed by atoms with Crippen molar-refractivity contribution in [1.82, 2.24) is 5.32 Å². The predicted molar refractivity (Wildman–Crippen MR) is 68.3 cm³/mol. The lowest BCUT2D eigenvalue weighted by Crippen LogP contribution is -2.48. The summed E-state index contributed by atoms with van der Waals surface area (Å²) in [6.45, 7) is 1.97. The molecule has 4 N–H and O–H groups in total. The molecule has 7 heteroatoms. The van der Waals surface area contributed by atoms with E-state index >= 15 is 0 Å². The Morgan fingerprint density at radius 1 is 1.32 bits per heavy atom. The van der Waals surface area contributed by atoms with Crippen LogP contribution in [0, 0.1) is 0 Å². The van der Waals surface area contributed by atoms with Gasteiger partial charge in [0.1, 0.15) is 6.04 Å². The second-order valence-corrected chi connectivity index (χ2v) is 4.26. The highest BCUT2D eigenvalue weighted by atomic mass is 16.5. The minimum absolute atomic E-state index is 0.0196. The highest BCUT2D eigenvalue weighted by molar-refractivity contribution is 5.87. The van der Waals surface area contributed by atoms with Crippen molar-refractivity contribution in [3.63, 3.8) is 0 Å². The van der Waals surface area contributed by atoms with Crippen LogP contribution in [-0.4, -0.2) is 42.1 Å². The summed E-state index contributed by atoms with van der Waals surface area (Å²) >= 11 is 0. The monoisotopic (exact) mass is 274 g/mol. The van der Waals surface area contributed by atoms with E-state index in [1.165, 1.54) is 7.11 Å². The normalized spacial score (nSPS) is 13.4. The van der Waals surface area contributed by atoms with Crippen LogP contribution in [0.1, 0.15) is 39.0 Å². The Balaban J connectivity index is 4.29. The maximum absolute atomic E-state index is 11.7. The van der Waals surface area contributed by atoms with Gasteiger partial charge in [-0.1, -0.05) is 19.8 Å². The van der Waals surface area contributed by atoms with Crippen molar-refractivity contribution in [1.29, 1.82) is 0 Å². The highest BCUT2D eigenvalue weighted by Gasteiger charge is 2.23. The smallest absolute Gasteiger partial charge is 0.326 e. The van der Waals surface area contributed by atoms with Gasteiger partial charge in [0.25, 0.3) is 0 Å². The van der Waals surface area contributed by atoms with Crippen molar-refractivity contribution in [2.45, 2.75) is 51.1 Å². The van der Waals surface area contributed by atoms with Crippen LogP contribution in [-0.2, 0) is 19.1 Å². The number of nitrogens with two attached hydrogens (primary N) is 1. The number of carboxylic acid groups (broad SMARTS) is 1.